The van der Waals surface area contributed by atoms with Gasteiger partial charge in [-0.25, -0.2) is 0 Å². The molecular weight excluding hydrogens is 304 g/mol. The summed E-state index contributed by atoms with van der Waals surface area (Å²) in [6.45, 7) is 5.57. The van der Waals surface area contributed by atoms with Crippen LogP contribution in [0.25, 0.3) is 10.9 Å². The SMILES string of the molecule is Cc1ccc2[nH]c(C(=O)N3CCCC(c4nn[nH]n4)C3)cc2c1C. The van der Waals surface area contributed by atoms with E-state index in [1.807, 2.05) is 17.0 Å². The molecule has 1 atom stereocenters. The Balaban J connectivity index is 1.60. The van der Waals surface area contributed by atoms with E-state index in [-0.39, 0.29) is 11.8 Å². The molecule has 0 radical (unpaired) electrons. The zero-order chi connectivity index (χ0) is 16.7. The number of aromatic nitrogens is 5. The average Bonchev–Trinajstić information content (AvgIpc) is 3.27. The largest absolute Gasteiger partial charge is 0.351 e. The predicted octanol–water partition coefficient (Wildman–Crippen LogP) is 2.32. The lowest BCUT2D eigenvalue weighted by Crippen LogP contribution is -2.39. The zero-order valence-electron chi connectivity index (χ0n) is 13.8. The van der Waals surface area contributed by atoms with Crippen LogP contribution in [0.5, 0.6) is 0 Å². The monoisotopic (exact) mass is 324 g/mol. The van der Waals surface area contributed by atoms with E-state index in [4.69, 9.17) is 0 Å². The number of carbonyl (C=O) groups is 1. The molecule has 4 rings (SSSR count). The van der Waals surface area contributed by atoms with Gasteiger partial charge in [-0.1, -0.05) is 11.3 Å². The van der Waals surface area contributed by atoms with Gasteiger partial charge in [-0.2, -0.15) is 5.21 Å². The van der Waals surface area contributed by atoms with Crippen molar-refractivity contribution < 1.29 is 4.79 Å². The van der Waals surface area contributed by atoms with Gasteiger partial charge in [0.15, 0.2) is 5.82 Å². The number of rotatable bonds is 2. The Morgan fingerprint density at radius 3 is 3.00 bits per heavy atom. The van der Waals surface area contributed by atoms with Crippen LogP contribution in [0.3, 0.4) is 0 Å². The van der Waals surface area contributed by atoms with Gasteiger partial charge in [0.05, 0.1) is 0 Å². The number of amides is 1. The Morgan fingerprint density at radius 2 is 2.21 bits per heavy atom. The minimum absolute atomic E-state index is 0.0384. The van der Waals surface area contributed by atoms with Gasteiger partial charge < -0.3 is 9.88 Å². The summed E-state index contributed by atoms with van der Waals surface area (Å²) < 4.78 is 0. The maximum atomic E-state index is 12.9. The summed E-state index contributed by atoms with van der Waals surface area (Å²) in [7, 11) is 0. The number of carbonyl (C=O) groups excluding carboxylic acids is 1. The molecule has 1 aliphatic rings. The van der Waals surface area contributed by atoms with Gasteiger partial charge >= 0.3 is 0 Å². The summed E-state index contributed by atoms with van der Waals surface area (Å²) >= 11 is 0. The van der Waals surface area contributed by atoms with Crippen LogP contribution in [-0.4, -0.2) is 49.5 Å². The van der Waals surface area contributed by atoms with Crippen LogP contribution in [0.2, 0.25) is 0 Å². The highest BCUT2D eigenvalue weighted by Gasteiger charge is 2.28. The number of fused-ring (bicyclic) bond motifs is 1. The van der Waals surface area contributed by atoms with Gasteiger partial charge in [-0.05, 0) is 49.9 Å². The van der Waals surface area contributed by atoms with Crippen LogP contribution < -0.4 is 0 Å². The molecule has 0 spiro atoms. The summed E-state index contributed by atoms with van der Waals surface area (Å²) in [6, 6.07) is 6.08. The Hall–Kier alpha value is -2.70. The number of hydrogen-bond donors (Lipinski definition) is 2. The third-order valence-electron chi connectivity index (χ3n) is 5.01. The van der Waals surface area contributed by atoms with Crippen molar-refractivity contribution in [3.8, 4) is 0 Å². The van der Waals surface area contributed by atoms with E-state index in [9.17, 15) is 4.79 Å². The van der Waals surface area contributed by atoms with E-state index in [1.54, 1.807) is 0 Å². The number of H-pyrrole nitrogens is 2. The molecule has 1 amide bonds. The van der Waals surface area contributed by atoms with Gasteiger partial charge in [0, 0.05) is 29.9 Å². The van der Waals surface area contributed by atoms with Gasteiger partial charge in [0.25, 0.3) is 5.91 Å². The summed E-state index contributed by atoms with van der Waals surface area (Å²) in [5, 5.41) is 15.4. The van der Waals surface area contributed by atoms with Crippen molar-refractivity contribution in [3.63, 3.8) is 0 Å². The second-order valence-electron chi connectivity index (χ2n) is 6.51. The highest BCUT2D eigenvalue weighted by molar-refractivity contribution is 5.99. The molecule has 2 aromatic heterocycles. The molecule has 1 fully saturated rings. The number of piperidine rings is 1. The van der Waals surface area contributed by atoms with Crippen molar-refractivity contribution in [2.75, 3.05) is 13.1 Å². The first-order valence-corrected chi connectivity index (χ1v) is 8.25. The third kappa shape index (κ3) is 2.46. The van der Waals surface area contributed by atoms with Gasteiger partial charge in [-0.3, -0.25) is 4.79 Å². The molecule has 24 heavy (non-hydrogen) atoms. The van der Waals surface area contributed by atoms with E-state index < -0.39 is 0 Å². The first-order valence-electron chi connectivity index (χ1n) is 8.25. The fraction of sp³-hybridized carbons (Fsp3) is 0.412. The van der Waals surface area contributed by atoms with Crippen molar-refractivity contribution in [2.45, 2.75) is 32.6 Å². The molecule has 1 aliphatic heterocycles. The molecule has 3 heterocycles. The zero-order valence-corrected chi connectivity index (χ0v) is 13.8. The van der Waals surface area contributed by atoms with Crippen molar-refractivity contribution in [3.05, 3.63) is 40.8 Å². The van der Waals surface area contributed by atoms with Gasteiger partial charge in [0.2, 0.25) is 0 Å². The summed E-state index contributed by atoms with van der Waals surface area (Å²) in [6.07, 6.45) is 1.93. The minimum Gasteiger partial charge on any atom is -0.351 e. The van der Waals surface area contributed by atoms with Crippen LogP contribution in [0, 0.1) is 13.8 Å². The molecule has 2 N–H and O–H groups in total. The van der Waals surface area contributed by atoms with Crippen molar-refractivity contribution >= 4 is 16.8 Å². The first kappa shape index (κ1) is 14.9. The second-order valence-corrected chi connectivity index (χ2v) is 6.51. The Bertz CT molecular complexity index is 882. The third-order valence-corrected chi connectivity index (χ3v) is 5.01. The number of likely N-dealkylation sites (tertiary alicyclic amines) is 1. The van der Waals surface area contributed by atoms with Crippen LogP contribution in [0.4, 0.5) is 0 Å². The number of aryl methyl sites for hydroxylation is 2. The summed E-state index contributed by atoms with van der Waals surface area (Å²) in [4.78, 5) is 18.1. The highest BCUT2D eigenvalue weighted by Crippen LogP contribution is 2.27. The highest BCUT2D eigenvalue weighted by atomic mass is 16.2. The molecule has 1 aromatic carbocycles. The van der Waals surface area contributed by atoms with Crippen LogP contribution in [0.15, 0.2) is 18.2 Å². The van der Waals surface area contributed by atoms with Crippen molar-refractivity contribution in [1.82, 2.24) is 30.5 Å². The lowest BCUT2D eigenvalue weighted by atomic mass is 9.97. The fourth-order valence-corrected chi connectivity index (χ4v) is 3.46. The average molecular weight is 324 g/mol. The fourth-order valence-electron chi connectivity index (χ4n) is 3.46. The second kappa shape index (κ2) is 5.74. The summed E-state index contributed by atoms with van der Waals surface area (Å²) in [5.41, 5.74) is 4.10. The minimum atomic E-state index is 0.0384. The molecular formula is C17H20N6O. The van der Waals surface area contributed by atoms with Gasteiger partial charge in [-0.15, -0.1) is 10.2 Å². The van der Waals surface area contributed by atoms with Crippen molar-refractivity contribution in [2.24, 2.45) is 0 Å². The number of hydrogen-bond acceptors (Lipinski definition) is 4. The van der Waals surface area contributed by atoms with Crippen LogP contribution in [0.1, 0.15) is 46.2 Å². The lowest BCUT2D eigenvalue weighted by molar-refractivity contribution is 0.0699. The predicted molar refractivity (Wildman–Crippen MR) is 89.8 cm³/mol. The van der Waals surface area contributed by atoms with E-state index in [0.717, 1.165) is 30.3 Å². The van der Waals surface area contributed by atoms with E-state index in [2.05, 4.69) is 45.5 Å². The lowest BCUT2D eigenvalue weighted by Gasteiger charge is -2.30. The molecule has 3 aromatic rings. The summed E-state index contributed by atoms with van der Waals surface area (Å²) in [5.74, 6) is 0.877. The molecule has 0 bridgehead atoms. The number of aromatic amines is 2. The van der Waals surface area contributed by atoms with E-state index >= 15 is 0 Å². The standard InChI is InChI=1S/C17H20N6O/c1-10-5-6-14-13(11(10)2)8-15(18-14)17(24)23-7-3-4-12(9-23)16-19-21-22-20-16/h5-6,8,12,18H,3-4,7,9H2,1-2H3,(H,19,20,21,22). The molecule has 0 aliphatic carbocycles. The Morgan fingerprint density at radius 1 is 1.33 bits per heavy atom. The molecule has 7 nitrogen and oxygen atoms in total. The van der Waals surface area contributed by atoms with Crippen LogP contribution in [-0.2, 0) is 0 Å². The maximum Gasteiger partial charge on any atom is 0.270 e. The quantitative estimate of drug-likeness (QED) is 0.757. The Kier molecular flexibility index (Phi) is 3.55. The molecule has 1 unspecified atom stereocenters. The molecule has 124 valence electrons. The Labute approximate surface area is 139 Å². The van der Waals surface area contributed by atoms with E-state index in [1.165, 1.54) is 11.1 Å². The molecule has 1 saturated heterocycles. The topological polar surface area (TPSA) is 90.6 Å². The number of nitrogens with one attached hydrogen (secondary N) is 2. The normalized spacial score (nSPS) is 18.2. The number of benzene rings is 1. The van der Waals surface area contributed by atoms with Crippen LogP contribution >= 0.6 is 0 Å². The number of tetrazole rings is 1. The number of nitrogens with zero attached hydrogens (tertiary/aromatic N) is 4. The van der Waals surface area contributed by atoms with Gasteiger partial charge in [0.1, 0.15) is 5.69 Å². The molecule has 0 saturated carbocycles. The van der Waals surface area contributed by atoms with E-state index in [0.29, 0.717) is 18.1 Å². The maximum absolute atomic E-state index is 12.9. The van der Waals surface area contributed by atoms with Crippen molar-refractivity contribution in [1.29, 1.82) is 0 Å². The first-order chi connectivity index (χ1) is 11.6. The smallest absolute Gasteiger partial charge is 0.270 e. The molecule has 7 heteroatoms.